The Balaban J connectivity index is 1.43. The predicted octanol–water partition coefficient (Wildman–Crippen LogP) is 1.45. The van der Waals surface area contributed by atoms with E-state index < -0.39 is 0 Å². The van der Waals surface area contributed by atoms with Crippen molar-refractivity contribution in [1.82, 2.24) is 20.0 Å². The number of carbonyl (C=O) groups excluding carboxylic acids is 2. The SMILES string of the molecule is CC(C)(C)CN1CCNC(=O)[C@H]1CC(=O)N1CCN(CCOc2ccccc2)CC1. The van der Waals surface area contributed by atoms with Gasteiger partial charge in [0.1, 0.15) is 12.4 Å². The lowest BCUT2D eigenvalue weighted by atomic mass is 9.94. The van der Waals surface area contributed by atoms with Crippen LogP contribution in [-0.2, 0) is 9.59 Å². The number of ether oxygens (including phenoxy) is 1. The first-order valence-corrected chi connectivity index (χ1v) is 11.0. The Morgan fingerprint density at radius 3 is 2.47 bits per heavy atom. The van der Waals surface area contributed by atoms with Gasteiger partial charge < -0.3 is 15.0 Å². The molecule has 1 N–H and O–H groups in total. The number of rotatable bonds is 7. The fraction of sp³-hybridized carbons (Fsp3) is 0.652. The molecule has 2 heterocycles. The Labute approximate surface area is 180 Å². The average molecular weight is 417 g/mol. The topological polar surface area (TPSA) is 65.1 Å². The standard InChI is InChI=1S/C23H36N4O3/c1-23(2,3)18-27-10-9-24-22(29)20(27)17-21(28)26-13-11-25(12-14-26)15-16-30-19-7-5-4-6-8-19/h4-8,20H,9-18H2,1-3H3,(H,24,29)/t20-/m1/s1. The largest absolute Gasteiger partial charge is 0.492 e. The van der Waals surface area contributed by atoms with Crippen LogP contribution in [0.4, 0.5) is 0 Å². The van der Waals surface area contributed by atoms with Crippen molar-refractivity contribution in [2.24, 2.45) is 5.41 Å². The summed E-state index contributed by atoms with van der Waals surface area (Å²) in [6.45, 7) is 13.3. The molecule has 0 spiro atoms. The van der Waals surface area contributed by atoms with Crippen LogP contribution in [0.15, 0.2) is 30.3 Å². The van der Waals surface area contributed by atoms with Crippen LogP contribution in [0.5, 0.6) is 5.75 Å². The van der Waals surface area contributed by atoms with Gasteiger partial charge in [-0.3, -0.25) is 19.4 Å². The first kappa shape index (κ1) is 22.6. The lowest BCUT2D eigenvalue weighted by molar-refractivity contribution is -0.140. The van der Waals surface area contributed by atoms with Crippen LogP contribution in [-0.4, -0.2) is 91.5 Å². The molecule has 0 unspecified atom stereocenters. The third-order valence-corrected chi connectivity index (χ3v) is 5.63. The van der Waals surface area contributed by atoms with Crippen LogP contribution in [0.25, 0.3) is 0 Å². The monoisotopic (exact) mass is 416 g/mol. The third-order valence-electron chi connectivity index (χ3n) is 5.63. The Morgan fingerprint density at radius 2 is 1.80 bits per heavy atom. The van der Waals surface area contributed by atoms with Gasteiger partial charge in [-0.2, -0.15) is 0 Å². The number of piperazine rings is 2. The molecule has 30 heavy (non-hydrogen) atoms. The predicted molar refractivity (Wildman–Crippen MR) is 117 cm³/mol. The van der Waals surface area contributed by atoms with Crippen molar-refractivity contribution in [1.29, 1.82) is 0 Å². The minimum Gasteiger partial charge on any atom is -0.492 e. The van der Waals surface area contributed by atoms with Crippen molar-refractivity contribution in [2.45, 2.75) is 33.2 Å². The number of para-hydroxylation sites is 1. The van der Waals surface area contributed by atoms with Crippen LogP contribution >= 0.6 is 0 Å². The van der Waals surface area contributed by atoms with Crippen molar-refractivity contribution in [3.63, 3.8) is 0 Å². The van der Waals surface area contributed by atoms with Gasteiger partial charge in [0.2, 0.25) is 11.8 Å². The number of nitrogens with one attached hydrogen (secondary N) is 1. The highest BCUT2D eigenvalue weighted by Gasteiger charge is 2.35. The van der Waals surface area contributed by atoms with Crippen LogP contribution in [0.3, 0.4) is 0 Å². The van der Waals surface area contributed by atoms with Crippen LogP contribution in [0, 0.1) is 5.41 Å². The molecule has 0 radical (unpaired) electrons. The van der Waals surface area contributed by atoms with E-state index >= 15 is 0 Å². The van der Waals surface area contributed by atoms with Gasteiger partial charge in [-0.25, -0.2) is 0 Å². The number of hydrogen-bond donors (Lipinski definition) is 1. The zero-order valence-electron chi connectivity index (χ0n) is 18.6. The lowest BCUT2D eigenvalue weighted by Gasteiger charge is -2.40. The Kier molecular flexibility index (Phi) is 7.72. The summed E-state index contributed by atoms with van der Waals surface area (Å²) in [6.07, 6.45) is 0.263. The molecule has 0 bridgehead atoms. The highest BCUT2D eigenvalue weighted by atomic mass is 16.5. The molecule has 2 fully saturated rings. The normalized spacial score (nSPS) is 21.4. The molecular weight excluding hydrogens is 380 g/mol. The first-order valence-electron chi connectivity index (χ1n) is 11.0. The summed E-state index contributed by atoms with van der Waals surface area (Å²) in [6, 6.07) is 9.47. The van der Waals surface area contributed by atoms with E-state index in [-0.39, 0.29) is 29.7 Å². The minimum absolute atomic E-state index is 0.0180. The molecule has 1 atom stereocenters. The van der Waals surface area contributed by atoms with Gasteiger partial charge in [0.25, 0.3) is 0 Å². The highest BCUT2D eigenvalue weighted by molar-refractivity contribution is 5.88. The lowest BCUT2D eigenvalue weighted by Crippen LogP contribution is -2.59. The molecule has 166 valence electrons. The maximum Gasteiger partial charge on any atom is 0.237 e. The molecule has 0 aliphatic carbocycles. The summed E-state index contributed by atoms with van der Waals surface area (Å²) in [7, 11) is 0. The summed E-state index contributed by atoms with van der Waals surface area (Å²) < 4.78 is 5.77. The molecule has 2 saturated heterocycles. The van der Waals surface area contributed by atoms with Crippen molar-refractivity contribution >= 4 is 11.8 Å². The zero-order valence-corrected chi connectivity index (χ0v) is 18.6. The van der Waals surface area contributed by atoms with E-state index in [2.05, 4.69) is 35.9 Å². The quantitative estimate of drug-likeness (QED) is 0.729. The maximum absolute atomic E-state index is 12.9. The van der Waals surface area contributed by atoms with Crippen molar-refractivity contribution in [2.75, 3.05) is 59.0 Å². The van der Waals surface area contributed by atoms with Crippen molar-refractivity contribution in [3.8, 4) is 5.75 Å². The van der Waals surface area contributed by atoms with E-state index in [0.29, 0.717) is 26.2 Å². The average Bonchev–Trinajstić information content (AvgIpc) is 2.71. The number of amides is 2. The molecule has 0 saturated carbocycles. The number of benzene rings is 1. The first-order chi connectivity index (χ1) is 14.3. The van der Waals surface area contributed by atoms with Crippen molar-refractivity contribution < 1.29 is 14.3 Å². The van der Waals surface area contributed by atoms with E-state index in [1.165, 1.54) is 0 Å². The summed E-state index contributed by atoms with van der Waals surface area (Å²) in [5, 5.41) is 2.93. The number of nitrogens with zero attached hydrogens (tertiary/aromatic N) is 3. The summed E-state index contributed by atoms with van der Waals surface area (Å²) >= 11 is 0. The smallest absolute Gasteiger partial charge is 0.237 e. The van der Waals surface area contributed by atoms with Crippen LogP contribution < -0.4 is 10.1 Å². The van der Waals surface area contributed by atoms with E-state index in [1.54, 1.807) is 0 Å². The molecule has 2 aliphatic rings. The molecule has 1 aromatic carbocycles. The molecule has 1 aromatic rings. The Morgan fingerprint density at radius 1 is 1.10 bits per heavy atom. The van der Waals surface area contributed by atoms with Gasteiger partial charge in [0.15, 0.2) is 0 Å². The van der Waals surface area contributed by atoms with Crippen molar-refractivity contribution in [3.05, 3.63) is 30.3 Å². The number of carbonyl (C=O) groups is 2. The van der Waals surface area contributed by atoms with Gasteiger partial charge >= 0.3 is 0 Å². The second-order valence-electron chi connectivity index (χ2n) is 9.43. The molecular formula is C23H36N4O3. The minimum atomic E-state index is -0.359. The molecule has 2 amide bonds. The van der Waals surface area contributed by atoms with E-state index in [9.17, 15) is 9.59 Å². The molecule has 7 heteroatoms. The fourth-order valence-electron chi connectivity index (χ4n) is 4.11. The molecule has 7 nitrogen and oxygen atoms in total. The Hall–Kier alpha value is -2.12. The third kappa shape index (κ3) is 6.71. The molecule has 2 aliphatic heterocycles. The Bertz CT molecular complexity index is 696. The molecule has 3 rings (SSSR count). The second kappa shape index (κ2) is 10.3. The number of hydrogen-bond acceptors (Lipinski definition) is 5. The van der Waals surface area contributed by atoms with Crippen LogP contribution in [0.2, 0.25) is 0 Å². The van der Waals surface area contributed by atoms with Gasteiger partial charge in [0.05, 0.1) is 12.5 Å². The second-order valence-corrected chi connectivity index (χ2v) is 9.43. The zero-order chi connectivity index (χ0) is 21.6. The van der Waals surface area contributed by atoms with Gasteiger partial charge in [-0.05, 0) is 17.5 Å². The van der Waals surface area contributed by atoms with Gasteiger partial charge in [0, 0.05) is 52.4 Å². The summed E-state index contributed by atoms with van der Waals surface area (Å²) in [5.41, 5.74) is 0.0896. The molecule has 0 aromatic heterocycles. The summed E-state index contributed by atoms with van der Waals surface area (Å²) in [5.74, 6) is 0.948. The van der Waals surface area contributed by atoms with E-state index in [4.69, 9.17) is 4.74 Å². The maximum atomic E-state index is 12.9. The van der Waals surface area contributed by atoms with Crippen LogP contribution in [0.1, 0.15) is 27.2 Å². The van der Waals surface area contributed by atoms with Gasteiger partial charge in [-0.1, -0.05) is 39.0 Å². The van der Waals surface area contributed by atoms with E-state index in [1.807, 2.05) is 35.2 Å². The van der Waals surface area contributed by atoms with Gasteiger partial charge in [-0.15, -0.1) is 0 Å². The fourth-order valence-corrected chi connectivity index (χ4v) is 4.11. The highest BCUT2D eigenvalue weighted by Crippen LogP contribution is 2.20. The van der Waals surface area contributed by atoms with E-state index in [0.717, 1.165) is 38.5 Å². The summed E-state index contributed by atoms with van der Waals surface area (Å²) in [4.78, 5) is 31.8.